The van der Waals surface area contributed by atoms with E-state index in [1.54, 1.807) is 12.1 Å². The Balaban J connectivity index is 2.99. The number of aliphatic carboxylic acids is 1. The third-order valence-corrected chi connectivity index (χ3v) is 2.94. The molecule has 0 saturated heterocycles. The van der Waals surface area contributed by atoms with E-state index in [0.29, 0.717) is 10.1 Å². The molecular weight excluding hydrogens is 260 g/mol. The summed E-state index contributed by atoms with van der Waals surface area (Å²) >= 11 is 5.92. The average Bonchev–Trinajstić information content (AvgIpc) is 2.31. The summed E-state index contributed by atoms with van der Waals surface area (Å²) in [5.74, 6) is -1.26. The number of rotatable bonds is 2. The fourth-order valence-corrected chi connectivity index (χ4v) is 2.03. The number of hydrogen-bond donors (Lipinski definition) is 1. The van der Waals surface area contributed by atoms with Gasteiger partial charge in [0.25, 0.3) is 5.56 Å². The maximum atomic E-state index is 12.1. The molecule has 0 unspecified atom stereocenters. The van der Waals surface area contributed by atoms with Gasteiger partial charge in [0.1, 0.15) is 6.54 Å². The third kappa shape index (κ3) is 1.80. The fraction of sp³-hybridized carbons (Fsp3) is 0.182. The zero-order valence-corrected chi connectivity index (χ0v) is 10.1. The van der Waals surface area contributed by atoms with Crippen LogP contribution in [0.2, 0.25) is 5.02 Å². The molecule has 6 nitrogen and oxygen atoms in total. The van der Waals surface area contributed by atoms with Gasteiger partial charge in [0.05, 0.1) is 15.9 Å². The van der Waals surface area contributed by atoms with Gasteiger partial charge >= 0.3 is 11.7 Å². The van der Waals surface area contributed by atoms with Crippen molar-refractivity contribution in [1.82, 2.24) is 9.13 Å². The molecule has 2 rings (SSSR count). The first kappa shape index (κ1) is 12.4. The lowest BCUT2D eigenvalue weighted by atomic mass is 10.2. The quantitative estimate of drug-likeness (QED) is 0.857. The average molecular weight is 269 g/mol. The number of halogens is 1. The van der Waals surface area contributed by atoms with Gasteiger partial charge in [-0.1, -0.05) is 17.7 Å². The van der Waals surface area contributed by atoms with E-state index in [-0.39, 0.29) is 10.4 Å². The molecule has 0 spiro atoms. The number of carbonyl (C=O) groups is 1. The monoisotopic (exact) mass is 268 g/mol. The van der Waals surface area contributed by atoms with Crippen LogP contribution < -0.4 is 11.2 Å². The Bertz CT molecular complexity index is 760. The van der Waals surface area contributed by atoms with Gasteiger partial charge in [0, 0.05) is 7.05 Å². The molecular formula is C11H9ClN2O4. The van der Waals surface area contributed by atoms with Gasteiger partial charge in [0.15, 0.2) is 0 Å². The van der Waals surface area contributed by atoms with Crippen LogP contribution in [0, 0.1) is 0 Å². The Kier molecular flexibility index (Phi) is 2.96. The standard InChI is InChI=1S/C11H9ClN2O4/c1-13-7-4-2-3-6(12)9(7)10(17)14(11(13)18)5-8(15)16/h2-4H,5H2,1H3,(H,15,16). The second-order valence-corrected chi connectivity index (χ2v) is 4.17. The summed E-state index contributed by atoms with van der Waals surface area (Å²) < 4.78 is 1.85. The SMILES string of the molecule is Cn1c(=O)n(CC(=O)O)c(=O)c2c(Cl)cccc21. The van der Waals surface area contributed by atoms with Crippen molar-refractivity contribution < 1.29 is 9.90 Å². The molecule has 18 heavy (non-hydrogen) atoms. The predicted octanol–water partition coefficient (Wildman–Crippen LogP) is 0.438. The van der Waals surface area contributed by atoms with E-state index in [0.717, 1.165) is 0 Å². The molecule has 0 atom stereocenters. The molecule has 0 fully saturated rings. The van der Waals surface area contributed by atoms with Gasteiger partial charge in [-0.15, -0.1) is 0 Å². The number of fused-ring (bicyclic) bond motifs is 1. The topological polar surface area (TPSA) is 81.3 Å². The van der Waals surface area contributed by atoms with Gasteiger partial charge in [-0.25, -0.2) is 9.36 Å². The summed E-state index contributed by atoms with van der Waals surface area (Å²) in [5.41, 5.74) is -1.00. The van der Waals surface area contributed by atoms with E-state index < -0.39 is 23.8 Å². The molecule has 2 aromatic rings. The number of aromatic nitrogens is 2. The van der Waals surface area contributed by atoms with E-state index in [1.165, 1.54) is 17.7 Å². The Labute approximate surface area is 106 Å². The molecule has 94 valence electrons. The van der Waals surface area contributed by atoms with Crippen molar-refractivity contribution >= 4 is 28.5 Å². The highest BCUT2D eigenvalue weighted by molar-refractivity contribution is 6.35. The lowest BCUT2D eigenvalue weighted by Crippen LogP contribution is -2.40. The van der Waals surface area contributed by atoms with Crippen molar-refractivity contribution in [3.63, 3.8) is 0 Å². The molecule has 1 heterocycles. The minimum Gasteiger partial charge on any atom is -0.480 e. The van der Waals surface area contributed by atoms with E-state index in [1.807, 2.05) is 0 Å². The van der Waals surface area contributed by atoms with Crippen LogP contribution in [0.25, 0.3) is 10.9 Å². The van der Waals surface area contributed by atoms with Gasteiger partial charge in [-0.3, -0.25) is 14.2 Å². The van der Waals surface area contributed by atoms with Crippen molar-refractivity contribution in [2.45, 2.75) is 6.54 Å². The number of aryl methyl sites for hydroxylation is 1. The van der Waals surface area contributed by atoms with Gasteiger partial charge in [-0.05, 0) is 12.1 Å². The van der Waals surface area contributed by atoms with E-state index in [2.05, 4.69) is 0 Å². The number of hydrogen-bond acceptors (Lipinski definition) is 3. The molecule has 0 aliphatic rings. The van der Waals surface area contributed by atoms with Crippen LogP contribution >= 0.6 is 11.6 Å². The minimum atomic E-state index is -1.26. The van der Waals surface area contributed by atoms with Crippen molar-refractivity contribution in [1.29, 1.82) is 0 Å². The first-order valence-electron chi connectivity index (χ1n) is 5.03. The van der Waals surface area contributed by atoms with Crippen molar-refractivity contribution in [3.05, 3.63) is 44.1 Å². The van der Waals surface area contributed by atoms with Crippen LogP contribution in [0.3, 0.4) is 0 Å². The molecule has 1 aromatic carbocycles. The summed E-state index contributed by atoms with van der Waals surface area (Å²) in [6, 6.07) is 4.71. The second-order valence-electron chi connectivity index (χ2n) is 3.76. The highest BCUT2D eigenvalue weighted by Crippen LogP contribution is 2.17. The maximum Gasteiger partial charge on any atom is 0.331 e. The molecule has 1 N–H and O–H groups in total. The van der Waals surface area contributed by atoms with Gasteiger partial charge < -0.3 is 5.11 Å². The lowest BCUT2D eigenvalue weighted by Gasteiger charge is -2.09. The largest absolute Gasteiger partial charge is 0.480 e. The number of benzene rings is 1. The highest BCUT2D eigenvalue weighted by atomic mass is 35.5. The van der Waals surface area contributed by atoms with Crippen LogP contribution in [0.4, 0.5) is 0 Å². The zero-order chi connectivity index (χ0) is 13.4. The van der Waals surface area contributed by atoms with Crippen LogP contribution in [-0.4, -0.2) is 20.2 Å². The van der Waals surface area contributed by atoms with Crippen molar-refractivity contribution in [2.75, 3.05) is 0 Å². The summed E-state index contributed by atoms with van der Waals surface area (Å²) in [5, 5.41) is 9.04. The number of nitrogens with zero attached hydrogens (tertiary/aromatic N) is 2. The molecule has 0 aliphatic heterocycles. The normalized spacial score (nSPS) is 10.8. The van der Waals surface area contributed by atoms with Gasteiger partial charge in [0.2, 0.25) is 0 Å². The molecule has 0 amide bonds. The third-order valence-electron chi connectivity index (χ3n) is 2.62. The van der Waals surface area contributed by atoms with Crippen molar-refractivity contribution in [3.8, 4) is 0 Å². The van der Waals surface area contributed by atoms with Gasteiger partial charge in [-0.2, -0.15) is 0 Å². The van der Waals surface area contributed by atoms with Crippen LogP contribution in [0.5, 0.6) is 0 Å². The second kappa shape index (κ2) is 4.30. The summed E-state index contributed by atoms with van der Waals surface area (Å²) in [7, 11) is 1.46. The molecule has 0 radical (unpaired) electrons. The molecule has 0 aliphatic carbocycles. The zero-order valence-electron chi connectivity index (χ0n) is 9.38. The highest BCUT2D eigenvalue weighted by Gasteiger charge is 2.14. The summed E-state index contributed by atoms with van der Waals surface area (Å²) in [4.78, 5) is 34.6. The van der Waals surface area contributed by atoms with E-state index >= 15 is 0 Å². The first-order chi connectivity index (χ1) is 8.43. The van der Waals surface area contributed by atoms with Crippen LogP contribution in [-0.2, 0) is 18.4 Å². The molecule has 1 aromatic heterocycles. The molecule has 7 heteroatoms. The fourth-order valence-electron chi connectivity index (χ4n) is 1.78. The Morgan fingerprint density at radius 1 is 1.39 bits per heavy atom. The molecule has 0 saturated carbocycles. The van der Waals surface area contributed by atoms with E-state index in [4.69, 9.17) is 16.7 Å². The predicted molar refractivity (Wildman–Crippen MR) is 66.1 cm³/mol. The number of carboxylic acid groups (broad SMARTS) is 1. The Morgan fingerprint density at radius 2 is 2.06 bits per heavy atom. The first-order valence-corrected chi connectivity index (χ1v) is 5.41. The summed E-state index contributed by atoms with van der Waals surface area (Å²) in [6.07, 6.45) is 0. The van der Waals surface area contributed by atoms with E-state index in [9.17, 15) is 14.4 Å². The van der Waals surface area contributed by atoms with Crippen LogP contribution in [0.1, 0.15) is 0 Å². The van der Waals surface area contributed by atoms with Crippen molar-refractivity contribution in [2.24, 2.45) is 7.05 Å². The number of carboxylic acids is 1. The lowest BCUT2D eigenvalue weighted by molar-refractivity contribution is -0.137. The molecule has 0 bridgehead atoms. The minimum absolute atomic E-state index is 0.141. The smallest absolute Gasteiger partial charge is 0.331 e. The Hall–Kier alpha value is -2.08. The Morgan fingerprint density at radius 3 is 2.67 bits per heavy atom. The maximum absolute atomic E-state index is 12.1. The van der Waals surface area contributed by atoms with Crippen LogP contribution in [0.15, 0.2) is 27.8 Å². The summed E-state index contributed by atoms with van der Waals surface area (Å²) in [6.45, 7) is -0.688.